The van der Waals surface area contributed by atoms with E-state index < -0.39 is 0 Å². The van der Waals surface area contributed by atoms with Crippen molar-refractivity contribution in [2.45, 2.75) is 39.7 Å². The summed E-state index contributed by atoms with van der Waals surface area (Å²) in [7, 11) is 3.50. The number of aliphatic imine (C=N–C) groups is 1. The third-order valence-electron chi connectivity index (χ3n) is 5.26. The molecule has 0 aromatic heterocycles. The first-order valence-corrected chi connectivity index (χ1v) is 10.5. The number of benzene rings is 1. The van der Waals surface area contributed by atoms with Crippen molar-refractivity contribution < 1.29 is 9.47 Å². The molecule has 0 atom stereocenters. The van der Waals surface area contributed by atoms with Crippen LogP contribution in [0.2, 0.25) is 0 Å². The number of methoxy groups -OCH3 is 1. The van der Waals surface area contributed by atoms with Crippen molar-refractivity contribution in [1.82, 2.24) is 15.5 Å². The van der Waals surface area contributed by atoms with Crippen molar-refractivity contribution in [3.8, 4) is 5.75 Å². The number of nitrogens with one attached hydrogen (secondary N) is 2. The molecule has 2 rings (SSSR count). The van der Waals surface area contributed by atoms with E-state index in [4.69, 9.17) is 9.47 Å². The summed E-state index contributed by atoms with van der Waals surface area (Å²) < 4.78 is 10.9. The predicted octanol–water partition coefficient (Wildman–Crippen LogP) is 2.81. The summed E-state index contributed by atoms with van der Waals surface area (Å²) >= 11 is 0. The molecule has 6 nitrogen and oxygen atoms in total. The molecule has 1 aliphatic rings. The summed E-state index contributed by atoms with van der Waals surface area (Å²) in [4.78, 5) is 6.92. The lowest BCUT2D eigenvalue weighted by Gasteiger charge is -2.30. The van der Waals surface area contributed by atoms with Crippen LogP contribution < -0.4 is 15.4 Å². The molecule has 2 N–H and O–H groups in total. The van der Waals surface area contributed by atoms with Crippen LogP contribution in [0.4, 0.5) is 0 Å². The Kier molecular flexibility index (Phi) is 10.1. The van der Waals surface area contributed by atoms with Crippen molar-refractivity contribution in [3.05, 3.63) is 29.3 Å². The topological polar surface area (TPSA) is 58.1 Å². The fourth-order valence-corrected chi connectivity index (χ4v) is 3.37. The highest BCUT2D eigenvalue weighted by molar-refractivity contribution is 5.79. The highest BCUT2D eigenvalue weighted by atomic mass is 16.5. The molecule has 0 saturated carbocycles. The zero-order chi connectivity index (χ0) is 20.2. The first kappa shape index (κ1) is 22.5. The van der Waals surface area contributed by atoms with E-state index >= 15 is 0 Å². The summed E-state index contributed by atoms with van der Waals surface area (Å²) in [6, 6.07) is 6.29. The lowest BCUT2D eigenvalue weighted by atomic mass is 9.99. The number of aryl methyl sites for hydroxylation is 1. The van der Waals surface area contributed by atoms with Crippen molar-refractivity contribution in [2.75, 3.05) is 53.6 Å². The molecule has 1 fully saturated rings. The fraction of sp³-hybridized carbons (Fsp3) is 0.682. The van der Waals surface area contributed by atoms with Crippen LogP contribution in [0.1, 0.15) is 37.3 Å². The molecule has 0 amide bonds. The zero-order valence-electron chi connectivity index (χ0n) is 18.1. The molecule has 1 aromatic rings. The van der Waals surface area contributed by atoms with Crippen LogP contribution in [0.25, 0.3) is 0 Å². The zero-order valence-corrected chi connectivity index (χ0v) is 18.1. The molecule has 0 bridgehead atoms. The largest absolute Gasteiger partial charge is 0.491 e. The van der Waals surface area contributed by atoms with Gasteiger partial charge in [0.05, 0.1) is 6.61 Å². The first-order valence-electron chi connectivity index (χ1n) is 10.5. The van der Waals surface area contributed by atoms with Crippen molar-refractivity contribution in [2.24, 2.45) is 10.9 Å². The van der Waals surface area contributed by atoms with Gasteiger partial charge in [-0.15, -0.1) is 0 Å². The smallest absolute Gasteiger partial charge is 0.191 e. The maximum absolute atomic E-state index is 5.87. The first-order chi connectivity index (χ1) is 13.6. The molecule has 28 heavy (non-hydrogen) atoms. The normalized spacial score (nSPS) is 16.2. The number of piperidine rings is 1. The molecule has 158 valence electrons. The second-order valence-electron chi connectivity index (χ2n) is 7.68. The van der Waals surface area contributed by atoms with Gasteiger partial charge in [-0.1, -0.05) is 19.1 Å². The number of nitrogens with zero attached hydrogens (tertiary/aromatic N) is 2. The lowest BCUT2D eigenvalue weighted by molar-refractivity contribution is 0.145. The number of hydrogen-bond donors (Lipinski definition) is 2. The quantitative estimate of drug-likeness (QED) is 0.365. The van der Waals surface area contributed by atoms with Gasteiger partial charge in [0.1, 0.15) is 12.4 Å². The van der Waals surface area contributed by atoms with Gasteiger partial charge in [-0.25, -0.2) is 0 Å². The molecule has 0 aliphatic carbocycles. The summed E-state index contributed by atoms with van der Waals surface area (Å²) in [5.41, 5.74) is 2.30. The molecular formula is C22H38N4O2. The maximum atomic E-state index is 5.87. The summed E-state index contributed by atoms with van der Waals surface area (Å²) in [5.74, 6) is 2.62. The van der Waals surface area contributed by atoms with Gasteiger partial charge in [-0.2, -0.15) is 0 Å². The van der Waals surface area contributed by atoms with E-state index in [1.165, 1.54) is 31.5 Å². The van der Waals surface area contributed by atoms with Gasteiger partial charge in [-0.05, 0) is 63.4 Å². The minimum atomic E-state index is 0.551. The third kappa shape index (κ3) is 8.07. The van der Waals surface area contributed by atoms with E-state index in [0.717, 1.165) is 42.7 Å². The van der Waals surface area contributed by atoms with Gasteiger partial charge < -0.3 is 25.0 Å². The molecule has 6 heteroatoms. The minimum Gasteiger partial charge on any atom is -0.491 e. The van der Waals surface area contributed by atoms with Crippen LogP contribution in [-0.2, 0) is 11.3 Å². The molecule has 1 aliphatic heterocycles. The Balaban J connectivity index is 1.72. The van der Waals surface area contributed by atoms with Gasteiger partial charge in [0.2, 0.25) is 0 Å². The molecule has 1 saturated heterocycles. The van der Waals surface area contributed by atoms with Crippen LogP contribution in [-0.4, -0.2) is 64.4 Å². The minimum absolute atomic E-state index is 0.551. The Morgan fingerprint density at radius 2 is 2.00 bits per heavy atom. The van der Waals surface area contributed by atoms with Crippen LogP contribution >= 0.6 is 0 Å². The van der Waals surface area contributed by atoms with Crippen LogP contribution in [0, 0.1) is 12.8 Å². The van der Waals surface area contributed by atoms with Gasteiger partial charge in [0, 0.05) is 32.8 Å². The average Bonchev–Trinajstić information content (AvgIpc) is 2.70. The van der Waals surface area contributed by atoms with Crippen molar-refractivity contribution in [1.29, 1.82) is 0 Å². The van der Waals surface area contributed by atoms with Gasteiger partial charge in [0.25, 0.3) is 0 Å². The standard InChI is InChI=1S/C22H38N4O2/c1-18-8-12-26(13-9-18)11-5-10-24-22(23-3)25-17-20-7-6-19(2)16-21(20)28-15-14-27-4/h6-7,16,18H,5,8-15,17H2,1-4H3,(H2,23,24,25). The molecule has 0 unspecified atom stereocenters. The maximum Gasteiger partial charge on any atom is 0.191 e. The molecule has 1 heterocycles. The Bertz CT molecular complexity index is 598. The highest BCUT2D eigenvalue weighted by Gasteiger charge is 2.14. The highest BCUT2D eigenvalue weighted by Crippen LogP contribution is 2.20. The predicted molar refractivity (Wildman–Crippen MR) is 116 cm³/mol. The van der Waals surface area contributed by atoms with Crippen molar-refractivity contribution in [3.63, 3.8) is 0 Å². The SMILES string of the molecule is CN=C(NCCCN1CCC(C)CC1)NCc1ccc(C)cc1OCCOC. The number of guanidine groups is 1. The fourth-order valence-electron chi connectivity index (χ4n) is 3.37. The Labute approximate surface area is 170 Å². The summed E-state index contributed by atoms with van der Waals surface area (Å²) in [6.45, 7) is 10.8. The Morgan fingerprint density at radius 1 is 1.21 bits per heavy atom. The number of ether oxygens (including phenoxy) is 2. The van der Waals surface area contributed by atoms with Gasteiger partial charge in [0.15, 0.2) is 5.96 Å². The van der Waals surface area contributed by atoms with E-state index in [1.54, 1.807) is 7.11 Å². The van der Waals surface area contributed by atoms with Crippen LogP contribution in [0.5, 0.6) is 5.75 Å². The van der Waals surface area contributed by atoms with E-state index in [1.807, 2.05) is 7.05 Å². The summed E-state index contributed by atoms with van der Waals surface area (Å²) in [6.07, 6.45) is 3.80. The average molecular weight is 391 g/mol. The third-order valence-corrected chi connectivity index (χ3v) is 5.26. The number of rotatable bonds is 10. The molecular weight excluding hydrogens is 352 g/mol. The van der Waals surface area contributed by atoms with Crippen LogP contribution in [0.3, 0.4) is 0 Å². The number of likely N-dealkylation sites (tertiary alicyclic amines) is 1. The Morgan fingerprint density at radius 3 is 2.71 bits per heavy atom. The molecule has 0 radical (unpaired) electrons. The van der Waals surface area contributed by atoms with Crippen LogP contribution in [0.15, 0.2) is 23.2 Å². The van der Waals surface area contributed by atoms with Gasteiger partial charge >= 0.3 is 0 Å². The monoisotopic (exact) mass is 390 g/mol. The van der Waals surface area contributed by atoms with E-state index in [-0.39, 0.29) is 0 Å². The summed E-state index contributed by atoms with van der Waals surface area (Å²) in [5, 5.41) is 6.82. The lowest BCUT2D eigenvalue weighted by Crippen LogP contribution is -2.39. The van der Waals surface area contributed by atoms with E-state index in [0.29, 0.717) is 19.8 Å². The molecule has 0 spiro atoms. The molecule has 1 aromatic carbocycles. The van der Waals surface area contributed by atoms with E-state index in [2.05, 4.69) is 52.6 Å². The number of hydrogen-bond acceptors (Lipinski definition) is 4. The second kappa shape index (κ2) is 12.6. The van der Waals surface area contributed by atoms with E-state index in [9.17, 15) is 0 Å². The second-order valence-corrected chi connectivity index (χ2v) is 7.68. The van der Waals surface area contributed by atoms with Gasteiger partial charge in [-0.3, -0.25) is 4.99 Å². The Hall–Kier alpha value is -1.79. The van der Waals surface area contributed by atoms with Crippen molar-refractivity contribution >= 4 is 5.96 Å².